The van der Waals surface area contributed by atoms with Crippen LogP contribution in [0.15, 0.2) is 22.9 Å². The molecule has 0 radical (unpaired) electrons. The fraction of sp³-hybridized carbons (Fsp3) is 0.375. The minimum Gasteiger partial charge on any atom is -0.287 e. The molecule has 1 rings (SSSR count). The largest absolute Gasteiger partial charge is 0.330 e. The number of allylic oxidation sites excluding steroid dienone is 4. The number of carbonyl (C=O) groups excluding carboxylic acids is 1. The van der Waals surface area contributed by atoms with Crippen LogP contribution >= 0.6 is 11.6 Å². The summed E-state index contributed by atoms with van der Waals surface area (Å²) < 4.78 is 0. The maximum absolute atomic E-state index is 11.2. The van der Waals surface area contributed by atoms with Crippen LogP contribution in [0.4, 0.5) is 0 Å². The van der Waals surface area contributed by atoms with Gasteiger partial charge in [-0.15, -0.1) is 0 Å². The lowest BCUT2D eigenvalue weighted by Crippen LogP contribution is -2.13. The van der Waals surface area contributed by atoms with E-state index in [1.54, 1.807) is 6.08 Å². The molecule has 4 nitrogen and oxygen atoms in total. The summed E-state index contributed by atoms with van der Waals surface area (Å²) in [7, 11) is 0. The molecule has 0 aromatic heterocycles. The highest BCUT2D eigenvalue weighted by Gasteiger charge is 2.25. The summed E-state index contributed by atoms with van der Waals surface area (Å²) in [6, 6.07) is 0. The van der Waals surface area contributed by atoms with Gasteiger partial charge in [0.25, 0.3) is 0 Å². The molecule has 5 heteroatoms. The van der Waals surface area contributed by atoms with E-state index in [9.17, 15) is 14.9 Å². The first-order valence-electron chi connectivity index (χ1n) is 3.87. The van der Waals surface area contributed by atoms with Gasteiger partial charge in [-0.05, 0) is 18.9 Å². The lowest BCUT2D eigenvalue weighted by atomic mass is 10.1. The number of nitrogens with zero attached hydrogens (tertiary/aromatic N) is 1. The molecule has 0 aliphatic heterocycles. The topological polar surface area (TPSA) is 60.2 Å². The first-order valence-corrected chi connectivity index (χ1v) is 4.24. The fourth-order valence-electron chi connectivity index (χ4n) is 1.09. The second-order valence-corrected chi connectivity index (χ2v) is 3.08. The molecular formula is C8H8ClNO3. The number of rotatable bonds is 1. The van der Waals surface area contributed by atoms with Crippen molar-refractivity contribution in [3.05, 3.63) is 33.0 Å². The van der Waals surface area contributed by atoms with Crippen LogP contribution in [0.25, 0.3) is 0 Å². The van der Waals surface area contributed by atoms with Crippen molar-refractivity contribution >= 4 is 17.4 Å². The number of ketones is 1. The van der Waals surface area contributed by atoms with Crippen LogP contribution in [0.2, 0.25) is 0 Å². The Morgan fingerprint density at radius 2 is 2.23 bits per heavy atom. The van der Waals surface area contributed by atoms with Gasteiger partial charge >= 0.3 is 5.70 Å². The third-order valence-electron chi connectivity index (χ3n) is 1.71. The first-order chi connectivity index (χ1) is 6.13. The highest BCUT2D eigenvalue weighted by atomic mass is 35.5. The summed E-state index contributed by atoms with van der Waals surface area (Å²) in [5.41, 5.74) is -0.488. The smallest absolute Gasteiger partial charge is 0.287 e. The van der Waals surface area contributed by atoms with Crippen molar-refractivity contribution in [3.8, 4) is 0 Å². The van der Waals surface area contributed by atoms with Crippen molar-refractivity contribution in [1.29, 1.82) is 0 Å². The Kier molecular flexibility index (Phi) is 3.19. The van der Waals surface area contributed by atoms with Gasteiger partial charge < -0.3 is 0 Å². The lowest BCUT2D eigenvalue weighted by Gasteiger charge is -2.01. The van der Waals surface area contributed by atoms with E-state index in [1.165, 1.54) is 6.08 Å². The summed E-state index contributed by atoms with van der Waals surface area (Å²) in [6.07, 6.45) is 4.70. The molecule has 0 unspecified atom stereocenters. The molecule has 0 heterocycles. The lowest BCUT2D eigenvalue weighted by molar-refractivity contribution is -0.419. The number of Topliss-reactive ketones (excluding diaryl/α,β-unsaturated/α-hetero) is 1. The van der Waals surface area contributed by atoms with Gasteiger partial charge in [0.1, 0.15) is 5.03 Å². The van der Waals surface area contributed by atoms with E-state index in [1.807, 2.05) is 0 Å². The first kappa shape index (κ1) is 9.92. The van der Waals surface area contributed by atoms with E-state index in [4.69, 9.17) is 11.6 Å². The summed E-state index contributed by atoms with van der Waals surface area (Å²) in [5.74, 6) is -0.487. The molecule has 0 aromatic rings. The molecule has 0 saturated carbocycles. The van der Waals surface area contributed by atoms with Crippen molar-refractivity contribution in [1.82, 2.24) is 0 Å². The minimum absolute atomic E-state index is 0.0744. The zero-order valence-electron chi connectivity index (χ0n) is 6.83. The molecule has 0 N–H and O–H groups in total. The van der Waals surface area contributed by atoms with Crippen molar-refractivity contribution in [2.75, 3.05) is 0 Å². The average Bonchev–Trinajstić information content (AvgIpc) is 2.00. The van der Waals surface area contributed by atoms with Gasteiger partial charge in [0.2, 0.25) is 5.78 Å². The third-order valence-corrected chi connectivity index (χ3v) is 2.02. The van der Waals surface area contributed by atoms with E-state index >= 15 is 0 Å². The van der Waals surface area contributed by atoms with Crippen LogP contribution in [-0.4, -0.2) is 10.7 Å². The van der Waals surface area contributed by atoms with Crippen molar-refractivity contribution in [2.24, 2.45) is 0 Å². The Hall–Kier alpha value is -1.16. The normalized spacial score (nSPS) is 18.4. The zero-order valence-corrected chi connectivity index (χ0v) is 7.58. The molecule has 0 spiro atoms. The summed E-state index contributed by atoms with van der Waals surface area (Å²) in [6.45, 7) is 0. The SMILES string of the molecule is O=C1CCCC=CC(Cl)=C1[N+](=O)[O-]. The van der Waals surface area contributed by atoms with E-state index < -0.39 is 16.4 Å². The molecule has 0 fully saturated rings. The van der Waals surface area contributed by atoms with Crippen molar-refractivity contribution in [2.45, 2.75) is 19.3 Å². The molecule has 0 amide bonds. The maximum atomic E-state index is 11.2. The van der Waals surface area contributed by atoms with Crippen LogP contribution in [0, 0.1) is 10.1 Å². The molecule has 0 atom stereocenters. The van der Waals surface area contributed by atoms with Crippen LogP contribution in [0.5, 0.6) is 0 Å². The van der Waals surface area contributed by atoms with Gasteiger partial charge in [0.05, 0.1) is 4.92 Å². The summed E-state index contributed by atoms with van der Waals surface area (Å²) in [4.78, 5) is 20.9. The van der Waals surface area contributed by atoms with Crippen LogP contribution in [0.1, 0.15) is 19.3 Å². The number of halogens is 1. The van der Waals surface area contributed by atoms with Gasteiger partial charge in [-0.25, -0.2) is 0 Å². The average molecular weight is 202 g/mol. The van der Waals surface area contributed by atoms with E-state index in [2.05, 4.69) is 0 Å². The van der Waals surface area contributed by atoms with E-state index in [-0.39, 0.29) is 11.5 Å². The molecular weight excluding hydrogens is 194 g/mol. The predicted octanol–water partition coefficient (Wildman–Crippen LogP) is 2.02. The predicted molar refractivity (Wildman–Crippen MR) is 47.9 cm³/mol. The Morgan fingerprint density at radius 1 is 1.54 bits per heavy atom. The summed E-state index contributed by atoms with van der Waals surface area (Å²) in [5, 5.41) is 10.4. The van der Waals surface area contributed by atoms with Crippen molar-refractivity contribution < 1.29 is 9.72 Å². The van der Waals surface area contributed by atoms with Crippen molar-refractivity contribution in [3.63, 3.8) is 0 Å². The highest BCUT2D eigenvalue weighted by molar-refractivity contribution is 6.33. The van der Waals surface area contributed by atoms with Gasteiger partial charge in [-0.1, -0.05) is 17.7 Å². The molecule has 0 saturated heterocycles. The highest BCUT2D eigenvalue weighted by Crippen LogP contribution is 2.18. The molecule has 13 heavy (non-hydrogen) atoms. The Morgan fingerprint density at radius 3 is 2.85 bits per heavy atom. The number of hydrogen-bond donors (Lipinski definition) is 0. The molecule has 1 aliphatic carbocycles. The van der Waals surface area contributed by atoms with Gasteiger partial charge in [-0.2, -0.15) is 0 Å². The molecule has 70 valence electrons. The minimum atomic E-state index is -0.722. The van der Waals surface area contributed by atoms with Crippen LogP contribution in [-0.2, 0) is 4.79 Å². The second kappa shape index (κ2) is 4.18. The third kappa shape index (κ3) is 2.39. The second-order valence-electron chi connectivity index (χ2n) is 2.67. The molecule has 1 aliphatic rings. The van der Waals surface area contributed by atoms with Gasteiger partial charge in [-0.3, -0.25) is 14.9 Å². The Bertz CT molecular complexity index is 307. The zero-order chi connectivity index (χ0) is 9.84. The monoisotopic (exact) mass is 201 g/mol. The Labute approximate surface area is 80.0 Å². The Balaban J connectivity index is 3.09. The fourth-order valence-corrected chi connectivity index (χ4v) is 1.35. The maximum Gasteiger partial charge on any atom is 0.330 e. The van der Waals surface area contributed by atoms with Crippen LogP contribution < -0.4 is 0 Å². The summed E-state index contributed by atoms with van der Waals surface area (Å²) >= 11 is 5.58. The van der Waals surface area contributed by atoms with Gasteiger partial charge in [0.15, 0.2) is 0 Å². The van der Waals surface area contributed by atoms with Gasteiger partial charge in [0, 0.05) is 6.42 Å². The number of carbonyl (C=O) groups is 1. The number of hydrogen-bond acceptors (Lipinski definition) is 3. The van der Waals surface area contributed by atoms with E-state index in [0.29, 0.717) is 6.42 Å². The van der Waals surface area contributed by atoms with E-state index in [0.717, 1.165) is 6.42 Å². The molecule has 0 bridgehead atoms. The molecule has 0 aromatic carbocycles. The quantitative estimate of drug-likeness (QED) is 0.482. The standard InChI is InChI=1S/C8H8ClNO3/c9-6-4-2-1-3-5-7(11)8(6)10(12)13/h2,4H,1,3,5H2. The number of nitro groups is 1. The van der Waals surface area contributed by atoms with Crippen LogP contribution in [0.3, 0.4) is 0 Å².